The molecule has 4 nitrogen and oxygen atoms in total. The fourth-order valence-electron chi connectivity index (χ4n) is 2.27. The summed E-state index contributed by atoms with van der Waals surface area (Å²) in [4.78, 5) is 14.1. The quantitative estimate of drug-likeness (QED) is 0.841. The van der Waals surface area contributed by atoms with Gasteiger partial charge in [0.1, 0.15) is 0 Å². The summed E-state index contributed by atoms with van der Waals surface area (Å²) < 4.78 is 0. The third-order valence-electron chi connectivity index (χ3n) is 3.47. The van der Waals surface area contributed by atoms with Crippen molar-refractivity contribution >= 4 is 11.6 Å². The van der Waals surface area contributed by atoms with Crippen LogP contribution in [-0.4, -0.2) is 43.5 Å². The predicted octanol–water partition coefficient (Wildman–Crippen LogP) is 1.23. The second-order valence-electron chi connectivity index (χ2n) is 4.92. The smallest absolute Gasteiger partial charge is 0.238 e. The highest BCUT2D eigenvalue weighted by atomic mass is 16.2. The molecule has 2 rings (SSSR count). The predicted molar refractivity (Wildman–Crippen MR) is 73.7 cm³/mol. The van der Waals surface area contributed by atoms with Gasteiger partial charge in [-0.05, 0) is 38.6 Å². The molecule has 1 aliphatic heterocycles. The van der Waals surface area contributed by atoms with E-state index in [1.54, 1.807) is 0 Å². The molecule has 0 aromatic heterocycles. The zero-order valence-electron chi connectivity index (χ0n) is 11.1. The molecule has 0 bridgehead atoms. The van der Waals surface area contributed by atoms with E-state index in [1.807, 2.05) is 38.2 Å². The Bertz CT molecular complexity index is 413. The Morgan fingerprint density at radius 1 is 1.50 bits per heavy atom. The second-order valence-corrected chi connectivity index (χ2v) is 4.92. The Morgan fingerprint density at radius 2 is 2.28 bits per heavy atom. The largest absolute Gasteiger partial charge is 0.325 e. The molecule has 98 valence electrons. The van der Waals surface area contributed by atoms with Crippen molar-refractivity contribution in [2.75, 3.05) is 32.0 Å². The van der Waals surface area contributed by atoms with Gasteiger partial charge in [-0.3, -0.25) is 9.69 Å². The molecule has 0 saturated carbocycles. The summed E-state index contributed by atoms with van der Waals surface area (Å²) in [5, 5.41) is 6.28. The van der Waals surface area contributed by atoms with Crippen LogP contribution < -0.4 is 10.6 Å². The van der Waals surface area contributed by atoms with Gasteiger partial charge in [-0.2, -0.15) is 0 Å². The summed E-state index contributed by atoms with van der Waals surface area (Å²) >= 11 is 0. The van der Waals surface area contributed by atoms with Crippen LogP contribution in [0.4, 0.5) is 5.69 Å². The van der Waals surface area contributed by atoms with E-state index in [4.69, 9.17) is 0 Å². The maximum absolute atomic E-state index is 12.0. The molecular formula is C14H21N3O. The van der Waals surface area contributed by atoms with E-state index in [-0.39, 0.29) is 5.91 Å². The van der Waals surface area contributed by atoms with Crippen molar-refractivity contribution in [3.8, 4) is 0 Å². The molecule has 2 N–H and O–H groups in total. The molecule has 1 aromatic rings. The molecule has 4 heteroatoms. The molecule has 1 amide bonds. The summed E-state index contributed by atoms with van der Waals surface area (Å²) in [5.41, 5.74) is 2.00. The minimum Gasteiger partial charge on any atom is -0.325 e. The van der Waals surface area contributed by atoms with Gasteiger partial charge in [-0.1, -0.05) is 18.2 Å². The number of anilines is 1. The normalized spacial score (nSPS) is 19.2. The topological polar surface area (TPSA) is 44.4 Å². The Labute approximate surface area is 108 Å². The van der Waals surface area contributed by atoms with Gasteiger partial charge in [0.05, 0.1) is 6.54 Å². The fourth-order valence-corrected chi connectivity index (χ4v) is 2.27. The number of nitrogens with one attached hydrogen (secondary N) is 2. The SMILES string of the molecule is Cc1ccccc1NC(=O)CN(C)C1CCNC1. The maximum atomic E-state index is 12.0. The minimum absolute atomic E-state index is 0.0544. The van der Waals surface area contributed by atoms with Crippen LogP contribution in [0.25, 0.3) is 0 Å². The van der Waals surface area contributed by atoms with Crippen LogP contribution in [0.1, 0.15) is 12.0 Å². The van der Waals surface area contributed by atoms with Crippen molar-refractivity contribution < 1.29 is 4.79 Å². The fraction of sp³-hybridized carbons (Fsp3) is 0.500. The van der Waals surface area contributed by atoms with Gasteiger partial charge in [0.15, 0.2) is 0 Å². The summed E-state index contributed by atoms with van der Waals surface area (Å²) in [6, 6.07) is 8.33. The van der Waals surface area contributed by atoms with Crippen molar-refractivity contribution in [2.24, 2.45) is 0 Å². The van der Waals surface area contributed by atoms with E-state index in [0.717, 1.165) is 30.8 Å². The van der Waals surface area contributed by atoms with Crippen LogP contribution in [0.15, 0.2) is 24.3 Å². The van der Waals surface area contributed by atoms with Crippen LogP contribution in [-0.2, 0) is 4.79 Å². The van der Waals surface area contributed by atoms with E-state index in [2.05, 4.69) is 15.5 Å². The number of likely N-dealkylation sites (N-methyl/N-ethyl adjacent to an activating group) is 1. The number of amides is 1. The van der Waals surface area contributed by atoms with Gasteiger partial charge in [0, 0.05) is 18.3 Å². The van der Waals surface area contributed by atoms with Gasteiger partial charge in [-0.15, -0.1) is 0 Å². The van der Waals surface area contributed by atoms with E-state index < -0.39 is 0 Å². The number of carbonyl (C=O) groups excluding carboxylic acids is 1. The first-order valence-corrected chi connectivity index (χ1v) is 6.43. The van der Waals surface area contributed by atoms with E-state index in [1.165, 1.54) is 0 Å². The van der Waals surface area contributed by atoms with Crippen molar-refractivity contribution in [2.45, 2.75) is 19.4 Å². The lowest BCUT2D eigenvalue weighted by Gasteiger charge is -2.22. The number of nitrogens with zero attached hydrogens (tertiary/aromatic N) is 1. The molecule has 1 unspecified atom stereocenters. The zero-order valence-corrected chi connectivity index (χ0v) is 11.1. The van der Waals surface area contributed by atoms with Crippen molar-refractivity contribution in [1.29, 1.82) is 0 Å². The molecule has 1 heterocycles. The van der Waals surface area contributed by atoms with Crippen molar-refractivity contribution in [1.82, 2.24) is 10.2 Å². The number of aryl methyl sites for hydroxylation is 1. The lowest BCUT2D eigenvalue weighted by molar-refractivity contribution is -0.117. The Balaban J connectivity index is 1.86. The number of hydrogen-bond acceptors (Lipinski definition) is 3. The zero-order chi connectivity index (χ0) is 13.0. The summed E-state index contributed by atoms with van der Waals surface area (Å²) in [5.74, 6) is 0.0544. The molecule has 0 spiro atoms. The molecule has 18 heavy (non-hydrogen) atoms. The summed E-state index contributed by atoms with van der Waals surface area (Å²) in [6.45, 7) is 4.48. The Morgan fingerprint density at radius 3 is 2.94 bits per heavy atom. The van der Waals surface area contributed by atoms with Crippen LogP contribution in [0.5, 0.6) is 0 Å². The summed E-state index contributed by atoms with van der Waals surface area (Å²) in [7, 11) is 2.01. The third kappa shape index (κ3) is 3.31. The highest BCUT2D eigenvalue weighted by Crippen LogP contribution is 2.13. The van der Waals surface area contributed by atoms with Gasteiger partial charge in [0.2, 0.25) is 5.91 Å². The maximum Gasteiger partial charge on any atom is 0.238 e. The van der Waals surface area contributed by atoms with Gasteiger partial charge in [0.25, 0.3) is 0 Å². The molecule has 1 fully saturated rings. The number of para-hydroxylation sites is 1. The molecule has 1 atom stereocenters. The summed E-state index contributed by atoms with van der Waals surface area (Å²) in [6.07, 6.45) is 1.12. The van der Waals surface area contributed by atoms with Crippen LogP contribution in [0, 0.1) is 6.92 Å². The van der Waals surface area contributed by atoms with Crippen LogP contribution in [0.2, 0.25) is 0 Å². The van der Waals surface area contributed by atoms with Gasteiger partial charge < -0.3 is 10.6 Å². The lowest BCUT2D eigenvalue weighted by Crippen LogP contribution is -2.39. The Kier molecular flexibility index (Phi) is 4.33. The first-order valence-electron chi connectivity index (χ1n) is 6.43. The van der Waals surface area contributed by atoms with Crippen LogP contribution >= 0.6 is 0 Å². The Hall–Kier alpha value is -1.39. The monoisotopic (exact) mass is 247 g/mol. The van der Waals surface area contributed by atoms with E-state index in [9.17, 15) is 4.79 Å². The van der Waals surface area contributed by atoms with Crippen molar-refractivity contribution in [3.63, 3.8) is 0 Å². The van der Waals surface area contributed by atoms with Crippen LogP contribution in [0.3, 0.4) is 0 Å². The number of benzene rings is 1. The second kappa shape index (κ2) is 5.98. The number of carbonyl (C=O) groups is 1. The average molecular weight is 247 g/mol. The third-order valence-corrected chi connectivity index (χ3v) is 3.47. The highest BCUT2D eigenvalue weighted by Gasteiger charge is 2.20. The highest BCUT2D eigenvalue weighted by molar-refractivity contribution is 5.92. The molecule has 1 saturated heterocycles. The molecule has 0 aliphatic carbocycles. The molecule has 1 aromatic carbocycles. The first-order chi connectivity index (χ1) is 8.66. The number of hydrogen-bond donors (Lipinski definition) is 2. The standard InChI is InChI=1S/C14H21N3O/c1-11-5-3-4-6-13(11)16-14(18)10-17(2)12-7-8-15-9-12/h3-6,12,15H,7-10H2,1-2H3,(H,16,18). The lowest BCUT2D eigenvalue weighted by atomic mass is 10.2. The molecule has 1 aliphatic rings. The van der Waals surface area contributed by atoms with Gasteiger partial charge in [-0.25, -0.2) is 0 Å². The van der Waals surface area contributed by atoms with E-state index >= 15 is 0 Å². The molecule has 0 radical (unpaired) electrons. The molecular weight excluding hydrogens is 226 g/mol. The van der Waals surface area contributed by atoms with Crippen molar-refractivity contribution in [3.05, 3.63) is 29.8 Å². The van der Waals surface area contributed by atoms with Gasteiger partial charge >= 0.3 is 0 Å². The minimum atomic E-state index is 0.0544. The van der Waals surface area contributed by atoms with E-state index in [0.29, 0.717) is 12.6 Å². The first kappa shape index (κ1) is 13.1. The average Bonchev–Trinajstić information content (AvgIpc) is 2.85. The number of rotatable bonds is 4.